The number of benzene rings is 1. The van der Waals surface area contributed by atoms with Gasteiger partial charge < -0.3 is 24.4 Å². The number of carbonyl (C=O) groups is 1. The summed E-state index contributed by atoms with van der Waals surface area (Å²) in [5.74, 6) is 1.09. The Morgan fingerprint density at radius 2 is 1.86 bits per heavy atom. The molecule has 1 saturated carbocycles. The number of rotatable bonds is 8. The molecule has 2 unspecified atom stereocenters. The molecule has 2 atom stereocenters. The van der Waals surface area contributed by atoms with Gasteiger partial charge in [-0.25, -0.2) is 4.98 Å². The zero-order chi connectivity index (χ0) is 25.3. The van der Waals surface area contributed by atoms with Crippen LogP contribution >= 0.6 is 0 Å². The van der Waals surface area contributed by atoms with Gasteiger partial charge in [-0.15, -0.1) is 0 Å². The van der Waals surface area contributed by atoms with Crippen molar-refractivity contribution in [1.29, 1.82) is 0 Å². The van der Waals surface area contributed by atoms with Crippen molar-refractivity contribution in [2.24, 2.45) is 5.92 Å². The van der Waals surface area contributed by atoms with Gasteiger partial charge in [0.15, 0.2) is 8.32 Å². The fourth-order valence-corrected chi connectivity index (χ4v) is 12.4. The number of ether oxygens (including phenoxy) is 1. The van der Waals surface area contributed by atoms with Crippen molar-refractivity contribution in [3.05, 3.63) is 18.2 Å². The molecule has 2 aliphatic rings. The maximum Gasteiger partial charge on any atom is 0.253 e. The van der Waals surface area contributed by atoms with Gasteiger partial charge in [0, 0.05) is 24.9 Å². The lowest BCUT2D eigenvalue weighted by molar-refractivity contribution is -0.125. The average molecular weight is 501 g/mol. The van der Waals surface area contributed by atoms with E-state index in [1.807, 2.05) is 12.1 Å². The molecular formula is C27H44N4O3Si. The normalized spacial score (nSPS) is 22.2. The highest BCUT2D eigenvalue weighted by atomic mass is 28.4. The van der Waals surface area contributed by atoms with Gasteiger partial charge in [-0.3, -0.25) is 4.79 Å². The van der Waals surface area contributed by atoms with E-state index < -0.39 is 8.32 Å². The van der Waals surface area contributed by atoms with E-state index >= 15 is 0 Å². The molecule has 1 amide bonds. The van der Waals surface area contributed by atoms with E-state index in [2.05, 4.69) is 52.2 Å². The molecule has 1 aromatic carbocycles. The van der Waals surface area contributed by atoms with E-state index in [9.17, 15) is 4.79 Å². The van der Waals surface area contributed by atoms with Crippen LogP contribution in [0.1, 0.15) is 73.3 Å². The number of amides is 1. The second kappa shape index (κ2) is 10.6. The summed E-state index contributed by atoms with van der Waals surface area (Å²) in [6, 6.07) is 6.40. The third-order valence-electron chi connectivity index (χ3n) is 8.39. The van der Waals surface area contributed by atoms with Gasteiger partial charge in [-0.05, 0) is 60.0 Å². The van der Waals surface area contributed by atoms with E-state index in [4.69, 9.17) is 19.9 Å². The van der Waals surface area contributed by atoms with Gasteiger partial charge in [-0.2, -0.15) is 0 Å². The topological polar surface area (TPSA) is 82.6 Å². The number of nitrogen functional groups attached to an aromatic ring is 1. The lowest BCUT2D eigenvalue weighted by Gasteiger charge is -2.43. The number of hydrogen-bond donors (Lipinski definition) is 1. The molecule has 2 N–H and O–H groups in total. The fraction of sp³-hybridized carbons (Fsp3) is 0.704. The van der Waals surface area contributed by atoms with Crippen LogP contribution in [0.3, 0.4) is 0 Å². The third-order valence-corrected chi connectivity index (χ3v) is 14.5. The minimum absolute atomic E-state index is 0.0121. The summed E-state index contributed by atoms with van der Waals surface area (Å²) in [6.07, 6.45) is 4.57. The van der Waals surface area contributed by atoms with E-state index in [0.717, 1.165) is 36.2 Å². The Bertz CT molecular complexity index is 1010. The highest BCUT2D eigenvalue weighted by molar-refractivity contribution is 6.77. The van der Waals surface area contributed by atoms with Crippen molar-refractivity contribution >= 4 is 36.9 Å². The Hall–Kier alpha value is -1.90. The minimum atomic E-state index is -1.87. The van der Waals surface area contributed by atoms with Crippen LogP contribution in [0.2, 0.25) is 16.6 Å². The number of hydrogen-bond acceptors (Lipinski definition) is 5. The summed E-state index contributed by atoms with van der Waals surface area (Å²) in [5, 5.41) is 0. The van der Waals surface area contributed by atoms with Gasteiger partial charge in [0.05, 0.1) is 17.6 Å². The van der Waals surface area contributed by atoms with Crippen LogP contribution in [0.25, 0.3) is 11.0 Å². The molecule has 194 valence electrons. The summed E-state index contributed by atoms with van der Waals surface area (Å²) in [6.45, 7) is 16.2. The van der Waals surface area contributed by atoms with Crippen molar-refractivity contribution in [3.63, 3.8) is 0 Å². The molecule has 2 fully saturated rings. The molecule has 0 spiro atoms. The molecule has 7 nitrogen and oxygen atoms in total. The van der Waals surface area contributed by atoms with Crippen LogP contribution in [0.4, 0.5) is 11.6 Å². The summed E-state index contributed by atoms with van der Waals surface area (Å²) in [5.41, 5.74) is 11.0. The van der Waals surface area contributed by atoms with E-state index in [1.54, 1.807) is 4.90 Å². The van der Waals surface area contributed by atoms with Crippen molar-refractivity contribution in [1.82, 2.24) is 9.55 Å². The van der Waals surface area contributed by atoms with Crippen LogP contribution in [-0.4, -0.2) is 50.1 Å². The van der Waals surface area contributed by atoms with Gasteiger partial charge in [0.25, 0.3) is 5.91 Å². The highest BCUT2D eigenvalue weighted by Crippen LogP contribution is 2.44. The lowest BCUT2D eigenvalue weighted by Crippen LogP contribution is -2.48. The second-order valence-corrected chi connectivity index (χ2v) is 16.9. The molecule has 2 heterocycles. The highest BCUT2D eigenvalue weighted by Gasteiger charge is 2.45. The van der Waals surface area contributed by atoms with E-state index in [-0.39, 0.29) is 12.5 Å². The van der Waals surface area contributed by atoms with Gasteiger partial charge >= 0.3 is 0 Å². The second-order valence-electron chi connectivity index (χ2n) is 11.4. The molecule has 1 aliphatic carbocycles. The Labute approximate surface area is 211 Å². The lowest BCUT2D eigenvalue weighted by atomic mass is 9.86. The number of fused-ring (bicyclic) bond motifs is 1. The fourth-order valence-electron chi connectivity index (χ4n) is 6.86. The Morgan fingerprint density at radius 3 is 2.51 bits per heavy atom. The maximum absolute atomic E-state index is 12.3. The monoisotopic (exact) mass is 500 g/mol. The predicted molar refractivity (Wildman–Crippen MR) is 145 cm³/mol. The number of carbonyl (C=O) groups excluding carboxylic acids is 1. The van der Waals surface area contributed by atoms with Crippen molar-refractivity contribution in [3.8, 4) is 0 Å². The summed E-state index contributed by atoms with van der Waals surface area (Å²) >= 11 is 0. The summed E-state index contributed by atoms with van der Waals surface area (Å²) in [4.78, 5) is 18.8. The Balaban J connectivity index is 1.52. The van der Waals surface area contributed by atoms with E-state index in [1.165, 1.54) is 12.8 Å². The van der Waals surface area contributed by atoms with Gasteiger partial charge in [-0.1, -0.05) is 48.0 Å². The molecule has 1 aliphatic heterocycles. The van der Waals surface area contributed by atoms with Crippen molar-refractivity contribution < 1.29 is 14.0 Å². The number of nitrogens with zero attached hydrogens (tertiary/aromatic N) is 3. The van der Waals surface area contributed by atoms with Gasteiger partial charge in [0.2, 0.25) is 5.95 Å². The van der Waals surface area contributed by atoms with Crippen LogP contribution in [-0.2, 0) is 14.0 Å². The summed E-state index contributed by atoms with van der Waals surface area (Å²) in [7, 11) is -1.87. The zero-order valence-corrected chi connectivity index (χ0v) is 23.4. The quantitative estimate of drug-likeness (QED) is 0.456. The van der Waals surface area contributed by atoms with Gasteiger partial charge in [0.1, 0.15) is 6.61 Å². The smallest absolute Gasteiger partial charge is 0.253 e. The number of nitrogens with two attached hydrogens (primary N) is 1. The molecule has 1 aromatic heterocycles. The first-order chi connectivity index (χ1) is 16.6. The van der Waals surface area contributed by atoms with Crippen LogP contribution in [0, 0.1) is 5.92 Å². The number of anilines is 2. The standard InChI is InChI=1S/C27H44N4O3Si/c1-18(2)35(19(3)4,20(5)6)34-16-21-8-7-9-23(14-21)31-25-11-10-22(15-24(25)29-27(31)28)30-12-13-33-17-26(30)32/h10-11,15,18-21,23H,7-9,12-14,16-17H2,1-6H3,(H2,28,29). The minimum Gasteiger partial charge on any atom is -0.416 e. The molecular weight excluding hydrogens is 456 g/mol. The third kappa shape index (κ3) is 5.02. The molecule has 8 heteroatoms. The SMILES string of the molecule is CC(C)[Si](OCC1CCCC(n2c(N)nc3cc(N4CCOCC4=O)ccc32)C1)(C(C)C)C(C)C. The predicted octanol–water partition coefficient (Wildman–Crippen LogP) is 5.91. The van der Waals surface area contributed by atoms with Crippen LogP contribution < -0.4 is 10.6 Å². The van der Waals surface area contributed by atoms with E-state index in [0.29, 0.717) is 47.7 Å². The number of morpholine rings is 1. The molecule has 0 bridgehead atoms. The number of imidazole rings is 1. The molecule has 35 heavy (non-hydrogen) atoms. The largest absolute Gasteiger partial charge is 0.416 e. The Morgan fingerprint density at radius 1 is 1.14 bits per heavy atom. The molecule has 4 rings (SSSR count). The van der Waals surface area contributed by atoms with Crippen LogP contribution in [0.15, 0.2) is 18.2 Å². The number of aromatic nitrogens is 2. The van der Waals surface area contributed by atoms with Crippen molar-refractivity contribution in [2.45, 2.75) is 89.9 Å². The maximum atomic E-state index is 12.3. The zero-order valence-electron chi connectivity index (χ0n) is 22.4. The van der Waals surface area contributed by atoms with Crippen LogP contribution in [0.5, 0.6) is 0 Å². The average Bonchev–Trinajstić information content (AvgIpc) is 3.14. The molecule has 2 aromatic rings. The van der Waals surface area contributed by atoms with Crippen molar-refractivity contribution in [2.75, 3.05) is 37.0 Å². The first-order valence-corrected chi connectivity index (χ1v) is 15.6. The Kier molecular flexibility index (Phi) is 7.93. The first kappa shape index (κ1) is 26.2. The first-order valence-electron chi connectivity index (χ1n) is 13.4. The molecule has 1 saturated heterocycles. The molecule has 0 radical (unpaired) electrons. The summed E-state index contributed by atoms with van der Waals surface area (Å²) < 4.78 is 14.5.